The quantitative estimate of drug-likeness (QED) is 0.486. The zero-order valence-corrected chi connectivity index (χ0v) is 20.5. The van der Waals surface area contributed by atoms with Gasteiger partial charge in [0.15, 0.2) is 23.0 Å². The van der Waals surface area contributed by atoms with E-state index in [2.05, 4.69) is 25.2 Å². The van der Waals surface area contributed by atoms with Crippen molar-refractivity contribution in [1.82, 2.24) is 15.0 Å². The van der Waals surface area contributed by atoms with Crippen molar-refractivity contribution in [3.63, 3.8) is 0 Å². The fraction of sp³-hybridized carbons (Fsp3) is 0.375. The van der Waals surface area contributed by atoms with E-state index in [1.807, 2.05) is 30.3 Å². The lowest BCUT2D eigenvalue weighted by atomic mass is 9.99. The van der Waals surface area contributed by atoms with Gasteiger partial charge in [-0.2, -0.15) is 15.0 Å². The predicted molar refractivity (Wildman–Crippen MR) is 131 cm³/mol. The molecule has 0 unspecified atom stereocenters. The van der Waals surface area contributed by atoms with Gasteiger partial charge in [-0.05, 0) is 65.4 Å². The second-order valence-electron chi connectivity index (χ2n) is 7.74. The molecular formula is C24H28ClN5O4. The average molecular weight is 486 g/mol. The molecule has 2 aromatic carbocycles. The first kappa shape index (κ1) is 23.7. The minimum atomic E-state index is 0.150. The third-order valence-electron chi connectivity index (χ3n) is 5.74. The van der Waals surface area contributed by atoms with Crippen molar-refractivity contribution in [3.8, 4) is 23.0 Å². The van der Waals surface area contributed by atoms with Crippen molar-refractivity contribution < 1.29 is 18.9 Å². The maximum Gasteiger partial charge on any atom is 0.231 e. The van der Waals surface area contributed by atoms with Crippen LogP contribution in [0.5, 0.6) is 23.0 Å². The molecule has 1 aromatic heterocycles. The van der Waals surface area contributed by atoms with Gasteiger partial charge >= 0.3 is 0 Å². The third-order valence-corrected chi connectivity index (χ3v) is 5.91. The molecule has 3 aromatic rings. The molecule has 0 saturated heterocycles. The molecule has 2 heterocycles. The van der Waals surface area contributed by atoms with Crippen LogP contribution in [0.4, 0.5) is 11.9 Å². The molecule has 0 amide bonds. The Balaban J connectivity index is 1.44. The number of nitrogens with one attached hydrogen (secondary N) is 1. The fourth-order valence-corrected chi connectivity index (χ4v) is 4.12. The summed E-state index contributed by atoms with van der Waals surface area (Å²) in [4.78, 5) is 15.3. The van der Waals surface area contributed by atoms with E-state index >= 15 is 0 Å². The zero-order valence-electron chi connectivity index (χ0n) is 19.7. The minimum absolute atomic E-state index is 0.150. The number of methoxy groups -OCH3 is 4. The lowest BCUT2D eigenvalue weighted by Gasteiger charge is -2.29. The van der Waals surface area contributed by atoms with Gasteiger partial charge in [0.25, 0.3) is 0 Å². The highest BCUT2D eigenvalue weighted by Gasteiger charge is 2.22. The van der Waals surface area contributed by atoms with Crippen LogP contribution in [0.3, 0.4) is 0 Å². The number of ether oxygens (including phenoxy) is 4. The highest BCUT2D eigenvalue weighted by molar-refractivity contribution is 6.28. The van der Waals surface area contributed by atoms with E-state index in [1.165, 1.54) is 5.56 Å². The smallest absolute Gasteiger partial charge is 0.231 e. The number of hydrogen-bond acceptors (Lipinski definition) is 9. The molecule has 0 aliphatic carbocycles. The lowest BCUT2D eigenvalue weighted by molar-refractivity contribution is 0.353. The van der Waals surface area contributed by atoms with Crippen LogP contribution in [0.2, 0.25) is 5.28 Å². The largest absolute Gasteiger partial charge is 0.493 e. The number of fused-ring (bicyclic) bond motifs is 1. The number of hydrogen-bond donors (Lipinski definition) is 1. The molecule has 1 N–H and O–H groups in total. The molecule has 0 bridgehead atoms. The first-order valence-electron chi connectivity index (χ1n) is 10.9. The first-order valence-corrected chi connectivity index (χ1v) is 11.3. The molecule has 9 nitrogen and oxygen atoms in total. The summed E-state index contributed by atoms with van der Waals surface area (Å²) in [6.07, 6.45) is 1.58. The second-order valence-corrected chi connectivity index (χ2v) is 8.08. The molecule has 180 valence electrons. The van der Waals surface area contributed by atoms with Crippen molar-refractivity contribution >= 4 is 23.5 Å². The van der Waals surface area contributed by atoms with Crippen LogP contribution in [0.1, 0.15) is 16.7 Å². The van der Waals surface area contributed by atoms with Gasteiger partial charge in [0.2, 0.25) is 17.2 Å². The predicted octanol–water partition coefficient (Wildman–Crippen LogP) is 3.78. The molecule has 0 atom stereocenters. The van der Waals surface area contributed by atoms with E-state index in [0.29, 0.717) is 42.2 Å². The van der Waals surface area contributed by atoms with Crippen LogP contribution in [-0.4, -0.2) is 56.5 Å². The Morgan fingerprint density at radius 2 is 1.53 bits per heavy atom. The molecule has 0 spiro atoms. The summed E-state index contributed by atoms with van der Waals surface area (Å²) in [6.45, 7) is 2.02. The maximum absolute atomic E-state index is 6.23. The molecule has 10 heteroatoms. The molecule has 1 aliphatic heterocycles. The van der Waals surface area contributed by atoms with Gasteiger partial charge in [-0.25, -0.2) is 0 Å². The van der Waals surface area contributed by atoms with E-state index in [1.54, 1.807) is 28.4 Å². The molecule has 0 saturated carbocycles. The van der Waals surface area contributed by atoms with Gasteiger partial charge < -0.3 is 29.2 Å². The highest BCUT2D eigenvalue weighted by atomic mass is 35.5. The Hall–Kier alpha value is -3.46. The second kappa shape index (κ2) is 10.6. The van der Waals surface area contributed by atoms with Crippen LogP contribution >= 0.6 is 11.6 Å². The highest BCUT2D eigenvalue weighted by Crippen LogP contribution is 2.34. The molecule has 4 rings (SSSR count). The molecule has 34 heavy (non-hydrogen) atoms. The standard InChI is InChI=1S/C24H28ClN5O4/c1-31-18-6-5-15(11-19(18)32-2)7-9-26-23-27-22(25)28-24(29-23)30-10-8-16-12-20(33-3)21(34-4)13-17(16)14-30/h5-6,11-13H,7-10,14H2,1-4H3,(H,26,27,28,29). The van der Waals surface area contributed by atoms with Crippen molar-refractivity contribution in [1.29, 1.82) is 0 Å². The molecule has 1 aliphatic rings. The Kier molecular flexibility index (Phi) is 7.42. The van der Waals surface area contributed by atoms with Gasteiger partial charge in [-0.3, -0.25) is 0 Å². The zero-order chi connectivity index (χ0) is 24.1. The van der Waals surface area contributed by atoms with Crippen molar-refractivity contribution in [2.24, 2.45) is 0 Å². The van der Waals surface area contributed by atoms with Gasteiger partial charge in [0.1, 0.15) is 0 Å². The minimum Gasteiger partial charge on any atom is -0.493 e. The van der Waals surface area contributed by atoms with E-state index < -0.39 is 0 Å². The number of aromatic nitrogens is 3. The van der Waals surface area contributed by atoms with E-state index in [-0.39, 0.29) is 5.28 Å². The normalized spacial score (nSPS) is 12.7. The van der Waals surface area contributed by atoms with Crippen molar-refractivity contribution in [2.45, 2.75) is 19.4 Å². The topological polar surface area (TPSA) is 90.9 Å². The summed E-state index contributed by atoms with van der Waals surface area (Å²) >= 11 is 6.23. The van der Waals surface area contributed by atoms with Gasteiger partial charge in [0, 0.05) is 19.6 Å². The summed E-state index contributed by atoms with van der Waals surface area (Å²) in [7, 11) is 6.53. The molecule has 0 radical (unpaired) electrons. The van der Waals surface area contributed by atoms with Gasteiger partial charge in [-0.1, -0.05) is 6.07 Å². The van der Waals surface area contributed by atoms with Gasteiger partial charge in [-0.15, -0.1) is 0 Å². The first-order chi connectivity index (χ1) is 16.5. The molecular weight excluding hydrogens is 458 g/mol. The number of halogens is 1. The monoisotopic (exact) mass is 485 g/mol. The Labute approximate surface area is 204 Å². The summed E-state index contributed by atoms with van der Waals surface area (Å²) < 4.78 is 21.6. The Morgan fingerprint density at radius 3 is 2.24 bits per heavy atom. The molecule has 0 fully saturated rings. The van der Waals surface area contributed by atoms with Gasteiger partial charge in [0.05, 0.1) is 28.4 Å². The summed E-state index contributed by atoms with van der Waals surface area (Å²) in [6, 6.07) is 9.90. The van der Waals surface area contributed by atoms with Crippen LogP contribution < -0.4 is 29.2 Å². The number of nitrogens with zero attached hydrogens (tertiary/aromatic N) is 4. The maximum atomic E-state index is 6.23. The Morgan fingerprint density at radius 1 is 0.853 bits per heavy atom. The SMILES string of the molecule is COc1ccc(CCNc2nc(Cl)nc(N3CCc4cc(OC)c(OC)cc4C3)n2)cc1OC. The number of rotatable bonds is 9. The third kappa shape index (κ3) is 5.20. The van der Waals surface area contributed by atoms with Crippen LogP contribution in [-0.2, 0) is 19.4 Å². The van der Waals surface area contributed by atoms with Crippen LogP contribution in [0.15, 0.2) is 30.3 Å². The summed E-state index contributed by atoms with van der Waals surface area (Å²) in [5.74, 6) is 3.81. The van der Waals surface area contributed by atoms with Crippen LogP contribution in [0, 0.1) is 0 Å². The van der Waals surface area contributed by atoms with E-state index in [9.17, 15) is 0 Å². The fourth-order valence-electron chi connectivity index (χ4n) is 3.97. The van der Waals surface area contributed by atoms with Crippen molar-refractivity contribution in [2.75, 3.05) is 51.7 Å². The lowest BCUT2D eigenvalue weighted by Crippen LogP contribution is -2.32. The Bertz CT molecular complexity index is 1160. The van der Waals surface area contributed by atoms with Crippen LogP contribution in [0.25, 0.3) is 0 Å². The summed E-state index contributed by atoms with van der Waals surface area (Å²) in [5, 5.41) is 3.40. The van der Waals surface area contributed by atoms with Crippen molar-refractivity contribution in [3.05, 3.63) is 52.3 Å². The van der Waals surface area contributed by atoms with E-state index in [4.69, 9.17) is 30.5 Å². The number of anilines is 2. The summed E-state index contributed by atoms with van der Waals surface area (Å²) in [5.41, 5.74) is 3.47. The average Bonchev–Trinajstić information content (AvgIpc) is 2.87. The van der Waals surface area contributed by atoms with E-state index in [0.717, 1.165) is 36.3 Å². The number of benzene rings is 2.